The monoisotopic (exact) mass is 376 g/mol. The zero-order valence-electron chi connectivity index (χ0n) is 16.7. The van der Waals surface area contributed by atoms with Crippen LogP contribution >= 0.6 is 0 Å². The fraction of sp³-hybridized carbons (Fsp3) is 0.778. The fourth-order valence-electron chi connectivity index (χ4n) is 1.31. The Hall–Kier alpha value is -2.12. The minimum atomic E-state index is -0.358. The van der Waals surface area contributed by atoms with Gasteiger partial charge in [-0.05, 0) is 13.8 Å². The Labute approximate surface area is 155 Å². The SMILES string of the molecule is CCC(=O)OCC(C)OC(=O)CC.CCC(=O)OCC(C)OC(=O)CC. The molecule has 8 nitrogen and oxygen atoms in total. The molecule has 0 spiro atoms. The van der Waals surface area contributed by atoms with Crippen molar-refractivity contribution in [2.45, 2.75) is 79.4 Å². The maximum atomic E-state index is 10.8. The number of hydrogen-bond acceptors (Lipinski definition) is 8. The summed E-state index contributed by atoms with van der Waals surface area (Å²) < 4.78 is 19.3. The molecule has 0 bridgehead atoms. The van der Waals surface area contributed by atoms with E-state index in [9.17, 15) is 19.2 Å². The molecule has 8 heteroatoms. The van der Waals surface area contributed by atoms with Gasteiger partial charge in [0.1, 0.15) is 25.4 Å². The third-order valence-corrected chi connectivity index (χ3v) is 2.78. The molecule has 0 aromatic rings. The smallest absolute Gasteiger partial charge is 0.305 e. The van der Waals surface area contributed by atoms with E-state index in [1.54, 1.807) is 41.5 Å². The van der Waals surface area contributed by atoms with Gasteiger partial charge in [0.25, 0.3) is 0 Å². The van der Waals surface area contributed by atoms with E-state index in [4.69, 9.17) is 18.9 Å². The lowest BCUT2D eigenvalue weighted by atomic mass is 10.4. The molecular formula is C18H32O8. The van der Waals surface area contributed by atoms with Crippen molar-refractivity contribution in [3.05, 3.63) is 0 Å². The van der Waals surface area contributed by atoms with Crippen LogP contribution in [-0.2, 0) is 38.1 Å². The summed E-state index contributed by atoms with van der Waals surface area (Å²) in [6.07, 6.45) is 0.645. The number of rotatable bonds is 10. The summed E-state index contributed by atoms with van der Waals surface area (Å²) in [7, 11) is 0. The van der Waals surface area contributed by atoms with E-state index in [1.165, 1.54) is 0 Å². The van der Waals surface area contributed by atoms with E-state index >= 15 is 0 Å². The largest absolute Gasteiger partial charge is 0.462 e. The highest BCUT2D eigenvalue weighted by atomic mass is 16.6. The average Bonchev–Trinajstić information content (AvgIpc) is 2.64. The Morgan fingerprint density at radius 3 is 1.08 bits per heavy atom. The van der Waals surface area contributed by atoms with Gasteiger partial charge in [-0.1, -0.05) is 27.7 Å². The maximum Gasteiger partial charge on any atom is 0.305 e. The van der Waals surface area contributed by atoms with Crippen molar-refractivity contribution in [3.8, 4) is 0 Å². The van der Waals surface area contributed by atoms with Crippen LogP contribution in [-0.4, -0.2) is 49.3 Å². The van der Waals surface area contributed by atoms with Crippen molar-refractivity contribution >= 4 is 23.9 Å². The molecule has 0 saturated carbocycles. The van der Waals surface area contributed by atoms with Gasteiger partial charge in [0.15, 0.2) is 0 Å². The number of hydrogen-bond donors (Lipinski definition) is 0. The van der Waals surface area contributed by atoms with Crippen LogP contribution < -0.4 is 0 Å². The summed E-state index contributed by atoms with van der Waals surface area (Å²) >= 11 is 0. The summed E-state index contributed by atoms with van der Waals surface area (Å²) in [6, 6.07) is 0. The Balaban J connectivity index is 0. The van der Waals surface area contributed by atoms with Gasteiger partial charge in [-0.15, -0.1) is 0 Å². The first-order valence-electron chi connectivity index (χ1n) is 8.90. The van der Waals surface area contributed by atoms with Crippen molar-refractivity contribution in [3.63, 3.8) is 0 Å². The van der Waals surface area contributed by atoms with Gasteiger partial charge in [-0.2, -0.15) is 0 Å². The molecular weight excluding hydrogens is 344 g/mol. The van der Waals surface area contributed by atoms with Crippen molar-refractivity contribution in [1.82, 2.24) is 0 Å². The lowest BCUT2D eigenvalue weighted by Gasteiger charge is -2.12. The standard InChI is InChI=1S/2C9H16O4/c2*1-4-8(10)12-6-7(3)13-9(11)5-2/h2*7H,4-6H2,1-3H3. The lowest BCUT2D eigenvalue weighted by Crippen LogP contribution is -2.21. The predicted octanol–water partition coefficient (Wildman–Crippen LogP) is 2.56. The fourth-order valence-corrected chi connectivity index (χ4v) is 1.31. The Bertz CT molecular complexity index is 393. The number of ether oxygens (including phenoxy) is 4. The van der Waals surface area contributed by atoms with Crippen molar-refractivity contribution in [2.24, 2.45) is 0 Å². The molecule has 0 fully saturated rings. The molecule has 0 radical (unpaired) electrons. The predicted molar refractivity (Wildman–Crippen MR) is 94.2 cm³/mol. The van der Waals surface area contributed by atoms with Crippen LogP contribution in [0.4, 0.5) is 0 Å². The van der Waals surface area contributed by atoms with Crippen LogP contribution in [0.2, 0.25) is 0 Å². The molecule has 0 aliphatic rings. The summed E-state index contributed by atoms with van der Waals surface area (Å²) in [4.78, 5) is 43.0. The molecule has 0 aromatic carbocycles. The second kappa shape index (κ2) is 16.4. The van der Waals surface area contributed by atoms with Crippen LogP contribution in [0, 0.1) is 0 Å². The van der Waals surface area contributed by atoms with Gasteiger partial charge in [0.2, 0.25) is 0 Å². The normalized spacial score (nSPS) is 11.9. The second-order valence-electron chi connectivity index (χ2n) is 5.38. The first-order chi connectivity index (χ1) is 12.2. The molecule has 0 N–H and O–H groups in total. The summed E-state index contributed by atoms with van der Waals surface area (Å²) in [5, 5.41) is 0. The molecule has 2 atom stereocenters. The molecule has 0 heterocycles. The van der Waals surface area contributed by atoms with Crippen LogP contribution in [0.25, 0.3) is 0 Å². The van der Waals surface area contributed by atoms with Gasteiger partial charge in [0.05, 0.1) is 0 Å². The minimum absolute atomic E-state index is 0.137. The summed E-state index contributed by atoms with van der Waals surface area (Å²) in [5.41, 5.74) is 0. The molecule has 0 aromatic heterocycles. The van der Waals surface area contributed by atoms with E-state index in [-0.39, 0.29) is 49.3 Å². The van der Waals surface area contributed by atoms with E-state index in [1.807, 2.05) is 0 Å². The Morgan fingerprint density at radius 1 is 0.577 bits per heavy atom. The lowest BCUT2D eigenvalue weighted by molar-refractivity contribution is -0.157. The van der Waals surface area contributed by atoms with Crippen LogP contribution in [0.15, 0.2) is 0 Å². The van der Waals surface area contributed by atoms with Crippen molar-refractivity contribution < 1.29 is 38.1 Å². The molecule has 2 unspecified atom stereocenters. The number of carbonyl (C=O) groups is 4. The van der Waals surface area contributed by atoms with Crippen LogP contribution in [0.1, 0.15) is 67.2 Å². The molecule has 0 amide bonds. The molecule has 0 saturated heterocycles. The number of carbonyl (C=O) groups excluding carboxylic acids is 4. The quantitative estimate of drug-likeness (QED) is 0.423. The molecule has 26 heavy (non-hydrogen) atoms. The van der Waals surface area contributed by atoms with Gasteiger partial charge in [-0.25, -0.2) is 0 Å². The average molecular weight is 376 g/mol. The molecule has 0 aliphatic heterocycles. The minimum Gasteiger partial charge on any atom is -0.462 e. The van der Waals surface area contributed by atoms with E-state index in [0.717, 1.165) is 0 Å². The third kappa shape index (κ3) is 16.7. The molecule has 0 rings (SSSR count). The van der Waals surface area contributed by atoms with Crippen LogP contribution in [0.3, 0.4) is 0 Å². The van der Waals surface area contributed by atoms with Gasteiger partial charge < -0.3 is 18.9 Å². The Kier molecular flexibility index (Phi) is 16.4. The van der Waals surface area contributed by atoms with Crippen molar-refractivity contribution in [2.75, 3.05) is 13.2 Å². The van der Waals surface area contributed by atoms with Gasteiger partial charge in [0, 0.05) is 25.7 Å². The van der Waals surface area contributed by atoms with Gasteiger partial charge in [-0.3, -0.25) is 19.2 Å². The highest BCUT2D eigenvalue weighted by Gasteiger charge is 2.10. The summed E-state index contributed by atoms with van der Waals surface area (Å²) in [5.74, 6) is -1.11. The highest BCUT2D eigenvalue weighted by Crippen LogP contribution is 1.97. The van der Waals surface area contributed by atoms with E-state index in [2.05, 4.69) is 0 Å². The molecule has 0 aliphatic carbocycles. The highest BCUT2D eigenvalue weighted by molar-refractivity contribution is 5.70. The van der Waals surface area contributed by atoms with Crippen LogP contribution in [0.5, 0.6) is 0 Å². The van der Waals surface area contributed by atoms with E-state index in [0.29, 0.717) is 25.7 Å². The molecule has 152 valence electrons. The Morgan fingerprint density at radius 2 is 0.846 bits per heavy atom. The number of esters is 4. The zero-order valence-corrected chi connectivity index (χ0v) is 16.7. The topological polar surface area (TPSA) is 105 Å². The zero-order chi connectivity index (χ0) is 20.5. The maximum absolute atomic E-state index is 10.8. The summed E-state index contributed by atoms with van der Waals surface area (Å²) in [6.45, 7) is 10.5. The first-order valence-corrected chi connectivity index (χ1v) is 8.90. The van der Waals surface area contributed by atoms with Gasteiger partial charge >= 0.3 is 23.9 Å². The first kappa shape index (κ1) is 26.1. The third-order valence-electron chi connectivity index (χ3n) is 2.78. The van der Waals surface area contributed by atoms with E-state index < -0.39 is 0 Å². The second-order valence-corrected chi connectivity index (χ2v) is 5.38. The van der Waals surface area contributed by atoms with Crippen molar-refractivity contribution in [1.29, 1.82) is 0 Å².